The summed E-state index contributed by atoms with van der Waals surface area (Å²) >= 11 is 3.53. The Balaban J connectivity index is 1.25. The first-order chi connectivity index (χ1) is 18.4. The average Bonchev–Trinajstić information content (AvgIpc) is 2.94. The molecule has 0 radical (unpaired) electrons. The zero-order chi connectivity index (χ0) is 26.6. The molecule has 1 aromatic heterocycles. The van der Waals surface area contributed by atoms with E-state index < -0.39 is 11.3 Å². The van der Waals surface area contributed by atoms with E-state index >= 15 is 0 Å². The SMILES string of the molecule is O=C(Nc1ccc(Cl)cc1)N1CCN(C(=O)c2ccc(N(c3cccc4cccnc34)S(=O)O)cc2)CC1. The number of carbonyl (C=O) groups excluding carboxylic acids is 2. The Hall–Kier alpha value is -3.99. The number of fused-ring (bicyclic) bond motifs is 1. The number of rotatable bonds is 5. The topological polar surface area (TPSA) is 106 Å². The van der Waals surface area contributed by atoms with E-state index in [4.69, 9.17) is 11.6 Å². The normalized spacial score (nSPS) is 14.3. The molecule has 38 heavy (non-hydrogen) atoms. The molecular formula is C27H24ClN5O4S. The van der Waals surface area contributed by atoms with Gasteiger partial charge in [-0.2, -0.15) is 0 Å². The predicted molar refractivity (Wildman–Crippen MR) is 149 cm³/mol. The minimum atomic E-state index is -2.36. The van der Waals surface area contributed by atoms with Crippen molar-refractivity contribution in [3.63, 3.8) is 0 Å². The summed E-state index contributed by atoms with van der Waals surface area (Å²) < 4.78 is 23.7. The van der Waals surface area contributed by atoms with Gasteiger partial charge in [0.15, 0.2) is 0 Å². The number of halogens is 1. The van der Waals surface area contributed by atoms with Crippen LogP contribution in [0.5, 0.6) is 0 Å². The first-order valence-corrected chi connectivity index (χ1v) is 13.3. The van der Waals surface area contributed by atoms with Gasteiger partial charge in [0, 0.05) is 54.0 Å². The molecule has 4 aromatic rings. The van der Waals surface area contributed by atoms with E-state index in [1.807, 2.05) is 12.1 Å². The summed E-state index contributed by atoms with van der Waals surface area (Å²) in [6.07, 6.45) is 1.63. The van der Waals surface area contributed by atoms with Crippen LogP contribution in [0.4, 0.5) is 21.9 Å². The molecule has 0 saturated carbocycles. The van der Waals surface area contributed by atoms with E-state index in [0.29, 0.717) is 59.3 Å². The van der Waals surface area contributed by atoms with Gasteiger partial charge >= 0.3 is 6.03 Å². The summed E-state index contributed by atoms with van der Waals surface area (Å²) in [5.74, 6) is -0.169. The lowest BCUT2D eigenvalue weighted by Gasteiger charge is -2.34. The monoisotopic (exact) mass is 549 g/mol. The molecule has 1 unspecified atom stereocenters. The number of carbonyl (C=O) groups is 2. The molecule has 1 aliphatic heterocycles. The Morgan fingerprint density at radius 2 is 1.55 bits per heavy atom. The summed E-state index contributed by atoms with van der Waals surface area (Å²) in [7, 11) is 0. The molecule has 0 aliphatic carbocycles. The summed E-state index contributed by atoms with van der Waals surface area (Å²) in [5, 5.41) is 4.27. The molecule has 3 amide bonds. The van der Waals surface area contributed by atoms with E-state index in [9.17, 15) is 18.4 Å². The van der Waals surface area contributed by atoms with Crippen molar-refractivity contribution in [3.05, 3.63) is 95.6 Å². The van der Waals surface area contributed by atoms with Gasteiger partial charge in [0.25, 0.3) is 17.2 Å². The van der Waals surface area contributed by atoms with Crippen molar-refractivity contribution in [2.75, 3.05) is 35.8 Å². The first kappa shape index (κ1) is 25.7. The van der Waals surface area contributed by atoms with Crippen LogP contribution < -0.4 is 9.62 Å². The Kier molecular flexibility index (Phi) is 7.54. The van der Waals surface area contributed by atoms with Crippen LogP contribution in [0, 0.1) is 0 Å². The molecular weight excluding hydrogens is 526 g/mol. The Morgan fingerprint density at radius 1 is 0.895 bits per heavy atom. The fourth-order valence-corrected chi connectivity index (χ4v) is 5.08. The average molecular weight is 550 g/mol. The number of urea groups is 1. The van der Waals surface area contributed by atoms with Crippen molar-refractivity contribution in [2.45, 2.75) is 0 Å². The Labute approximate surface area is 227 Å². The smallest absolute Gasteiger partial charge is 0.321 e. The maximum absolute atomic E-state index is 13.1. The van der Waals surface area contributed by atoms with Gasteiger partial charge in [-0.25, -0.2) is 13.3 Å². The number of benzene rings is 3. The van der Waals surface area contributed by atoms with Crippen LogP contribution in [-0.4, -0.2) is 61.7 Å². The second-order valence-corrected chi connectivity index (χ2v) is 9.90. The summed E-state index contributed by atoms with van der Waals surface area (Å²) in [4.78, 5) is 33.4. The van der Waals surface area contributed by atoms with Gasteiger partial charge in [0.05, 0.1) is 16.9 Å². The molecule has 194 valence electrons. The lowest BCUT2D eigenvalue weighted by Crippen LogP contribution is -2.51. The van der Waals surface area contributed by atoms with Crippen molar-refractivity contribution in [2.24, 2.45) is 0 Å². The van der Waals surface area contributed by atoms with Gasteiger partial charge in [-0.05, 0) is 60.7 Å². The lowest BCUT2D eigenvalue weighted by molar-refractivity contribution is 0.0671. The van der Waals surface area contributed by atoms with Gasteiger partial charge in [0.2, 0.25) is 0 Å². The zero-order valence-electron chi connectivity index (χ0n) is 20.2. The highest BCUT2D eigenvalue weighted by molar-refractivity contribution is 7.81. The molecule has 0 bridgehead atoms. The van der Waals surface area contributed by atoms with Crippen molar-refractivity contribution in [1.82, 2.24) is 14.8 Å². The molecule has 1 aliphatic rings. The molecule has 0 spiro atoms. The number of pyridine rings is 1. The standard InChI is InChI=1S/C27H24ClN5O4S/c28-21-8-10-22(11-9-21)30-27(35)32-17-15-31(16-18-32)26(34)20-6-12-23(13-7-20)33(38(36)37)24-5-1-3-19-4-2-14-29-25(19)24/h1-14H,15-18H2,(H,30,35)(H,36,37). The van der Waals surface area contributed by atoms with E-state index in [-0.39, 0.29) is 11.9 Å². The van der Waals surface area contributed by atoms with Gasteiger partial charge in [-0.3, -0.25) is 14.3 Å². The molecule has 1 saturated heterocycles. The van der Waals surface area contributed by atoms with Crippen LogP contribution in [-0.2, 0) is 11.3 Å². The number of amides is 3. The number of aromatic nitrogens is 1. The predicted octanol–water partition coefficient (Wildman–Crippen LogP) is 5.15. The number of nitrogens with one attached hydrogen (secondary N) is 1. The summed E-state index contributed by atoms with van der Waals surface area (Å²) in [6, 6.07) is 22.3. The fraction of sp³-hybridized carbons (Fsp3) is 0.148. The van der Waals surface area contributed by atoms with Crippen LogP contribution in [0.25, 0.3) is 10.9 Å². The van der Waals surface area contributed by atoms with E-state index in [1.165, 1.54) is 4.31 Å². The number of hydrogen-bond acceptors (Lipinski definition) is 4. The molecule has 1 atom stereocenters. The molecule has 3 aromatic carbocycles. The largest absolute Gasteiger partial charge is 0.335 e. The number of nitrogens with zero attached hydrogens (tertiary/aromatic N) is 4. The number of para-hydroxylation sites is 1. The highest BCUT2D eigenvalue weighted by Crippen LogP contribution is 2.32. The molecule has 5 rings (SSSR count). The van der Waals surface area contributed by atoms with Crippen molar-refractivity contribution in [1.29, 1.82) is 0 Å². The summed E-state index contributed by atoms with van der Waals surface area (Å²) in [5.41, 5.74) is 2.62. The number of piperazine rings is 1. The van der Waals surface area contributed by atoms with Gasteiger partial charge in [-0.1, -0.05) is 29.8 Å². The van der Waals surface area contributed by atoms with E-state index in [2.05, 4.69) is 10.3 Å². The van der Waals surface area contributed by atoms with Gasteiger partial charge < -0.3 is 15.1 Å². The minimum absolute atomic E-state index is 0.169. The molecule has 11 heteroatoms. The second kappa shape index (κ2) is 11.2. The van der Waals surface area contributed by atoms with Gasteiger partial charge in [-0.15, -0.1) is 0 Å². The summed E-state index contributed by atoms with van der Waals surface area (Å²) in [6.45, 7) is 1.58. The first-order valence-electron chi connectivity index (χ1n) is 11.9. The van der Waals surface area contributed by atoms with E-state index in [0.717, 1.165) is 5.39 Å². The molecule has 2 heterocycles. The third kappa shape index (κ3) is 5.47. The van der Waals surface area contributed by atoms with Crippen LogP contribution in [0.3, 0.4) is 0 Å². The molecule has 2 N–H and O–H groups in total. The lowest BCUT2D eigenvalue weighted by atomic mass is 10.1. The zero-order valence-corrected chi connectivity index (χ0v) is 21.7. The second-order valence-electron chi connectivity index (χ2n) is 8.64. The van der Waals surface area contributed by atoms with Crippen LogP contribution in [0.2, 0.25) is 5.02 Å². The maximum atomic E-state index is 13.1. The molecule has 9 nitrogen and oxygen atoms in total. The van der Waals surface area contributed by atoms with Crippen molar-refractivity contribution in [3.8, 4) is 0 Å². The van der Waals surface area contributed by atoms with Crippen LogP contribution in [0.15, 0.2) is 85.1 Å². The quantitative estimate of drug-likeness (QED) is 0.335. The third-order valence-electron chi connectivity index (χ3n) is 6.28. The Morgan fingerprint density at radius 3 is 2.24 bits per heavy atom. The number of anilines is 3. The number of hydrogen-bond donors (Lipinski definition) is 2. The third-order valence-corrected chi connectivity index (χ3v) is 7.26. The maximum Gasteiger partial charge on any atom is 0.321 e. The van der Waals surface area contributed by atoms with Gasteiger partial charge in [0.1, 0.15) is 0 Å². The van der Waals surface area contributed by atoms with Crippen LogP contribution >= 0.6 is 11.6 Å². The van der Waals surface area contributed by atoms with Crippen molar-refractivity contribution >= 4 is 62.8 Å². The van der Waals surface area contributed by atoms with Crippen LogP contribution in [0.1, 0.15) is 10.4 Å². The van der Waals surface area contributed by atoms with E-state index in [1.54, 1.807) is 82.7 Å². The molecule has 1 fully saturated rings. The highest BCUT2D eigenvalue weighted by atomic mass is 35.5. The Bertz CT molecular complexity index is 1490. The minimum Gasteiger partial charge on any atom is -0.335 e. The fourth-order valence-electron chi connectivity index (χ4n) is 4.34. The van der Waals surface area contributed by atoms with Crippen molar-refractivity contribution < 1.29 is 18.4 Å². The highest BCUT2D eigenvalue weighted by Gasteiger charge is 2.25.